The monoisotopic (exact) mass is 497 g/mol. The van der Waals surface area contributed by atoms with Gasteiger partial charge in [0.1, 0.15) is 5.65 Å². The van der Waals surface area contributed by atoms with Crippen LogP contribution in [0.5, 0.6) is 0 Å². The molecule has 6 aromatic rings. The van der Waals surface area contributed by atoms with Gasteiger partial charge in [0.2, 0.25) is 0 Å². The van der Waals surface area contributed by atoms with Gasteiger partial charge in [-0.2, -0.15) is 0 Å². The first-order valence-electron chi connectivity index (χ1n) is 10.3. The average molecular weight is 498 g/mol. The number of aromatic nitrogens is 2. The molecule has 6 rings (SSSR count). The third-order valence-corrected chi connectivity index (χ3v) is 6.38. The lowest BCUT2D eigenvalue weighted by atomic mass is 10.1. The summed E-state index contributed by atoms with van der Waals surface area (Å²) in [6.45, 7) is 0. The number of amides is 1. The number of pyridine rings is 1. The molecule has 3 heterocycles. The van der Waals surface area contributed by atoms with Gasteiger partial charge in [0.05, 0.1) is 28.7 Å². The molecule has 7 heteroatoms. The number of rotatable bonds is 3. The molecule has 0 radical (unpaired) electrons. The van der Waals surface area contributed by atoms with Crippen LogP contribution in [0.2, 0.25) is 0 Å². The molecule has 1 N–H and O–H groups in total. The van der Waals surface area contributed by atoms with E-state index in [1.54, 1.807) is 27.5 Å². The number of carbonyl (C=O) groups excluding carboxylic acids is 1. The Balaban J connectivity index is 1.82. The number of fused-ring (bicyclic) bond motifs is 4. The summed E-state index contributed by atoms with van der Waals surface area (Å²) in [5, 5.41) is 1.17. The Bertz CT molecular complexity index is 1730. The van der Waals surface area contributed by atoms with Crippen molar-refractivity contribution < 1.29 is 9.21 Å². The maximum Gasteiger partial charge on any atom is 0.298 e. The van der Waals surface area contributed by atoms with Gasteiger partial charge in [-0.3, -0.25) is 18.9 Å². The minimum absolute atomic E-state index is 0.153. The number of H-pyrrole nitrogens is 1. The lowest BCUT2D eigenvalue weighted by Crippen LogP contribution is -2.28. The van der Waals surface area contributed by atoms with E-state index < -0.39 is 0 Å². The smallest absolute Gasteiger partial charge is 0.298 e. The molecule has 1 amide bonds. The zero-order valence-corrected chi connectivity index (χ0v) is 18.7. The first-order valence-corrected chi connectivity index (χ1v) is 11.1. The highest BCUT2D eigenvalue weighted by atomic mass is 79.9. The van der Waals surface area contributed by atoms with Crippen LogP contribution in [0.15, 0.2) is 105 Å². The summed E-state index contributed by atoms with van der Waals surface area (Å²) in [6.07, 6.45) is 1.47. The molecule has 0 aliphatic rings. The second kappa shape index (κ2) is 7.50. The second-order valence-corrected chi connectivity index (χ2v) is 8.45. The van der Waals surface area contributed by atoms with Crippen LogP contribution in [0.25, 0.3) is 27.5 Å². The number of hydrogen-bond acceptors (Lipinski definition) is 3. The number of benzene rings is 3. The maximum atomic E-state index is 13.9. The number of furan rings is 1. The fraction of sp³-hybridized carbons (Fsp3) is 0. The van der Waals surface area contributed by atoms with E-state index in [0.717, 1.165) is 15.5 Å². The zero-order valence-electron chi connectivity index (χ0n) is 17.2. The highest BCUT2D eigenvalue weighted by Gasteiger charge is 2.29. The summed E-state index contributed by atoms with van der Waals surface area (Å²) < 4.78 is 7.84. The van der Waals surface area contributed by atoms with Crippen LogP contribution in [0, 0.1) is 0 Å². The number of carbonyl (C=O) groups is 1. The Kier molecular flexibility index (Phi) is 4.45. The van der Waals surface area contributed by atoms with Crippen molar-refractivity contribution in [1.82, 2.24) is 9.38 Å². The number of para-hydroxylation sites is 3. The molecule has 0 fully saturated rings. The van der Waals surface area contributed by atoms with Gasteiger partial charge in [0.25, 0.3) is 11.5 Å². The van der Waals surface area contributed by atoms with Crippen molar-refractivity contribution in [3.8, 4) is 0 Å². The van der Waals surface area contributed by atoms with Gasteiger partial charge in [-0.1, -0.05) is 42.5 Å². The highest BCUT2D eigenvalue weighted by molar-refractivity contribution is 9.10. The molecule has 0 spiro atoms. The molecule has 0 aliphatic heterocycles. The molecular formula is C26H16BrN3O3. The van der Waals surface area contributed by atoms with E-state index in [1.165, 1.54) is 6.26 Å². The quantitative estimate of drug-likeness (QED) is 0.313. The molecule has 0 atom stereocenters. The predicted octanol–water partition coefficient (Wildman–Crippen LogP) is 6.27. The van der Waals surface area contributed by atoms with Gasteiger partial charge in [0, 0.05) is 15.2 Å². The second-order valence-electron chi connectivity index (χ2n) is 7.59. The van der Waals surface area contributed by atoms with E-state index in [2.05, 4.69) is 20.9 Å². The lowest BCUT2D eigenvalue weighted by Gasteiger charge is -2.25. The SMILES string of the molecule is O=C(c1ccco1)N(c1ccccc1Br)c1c2ccccc2c(=O)n2c1[nH]c1ccccc12. The van der Waals surface area contributed by atoms with Crippen LogP contribution in [-0.2, 0) is 0 Å². The Morgan fingerprint density at radius 2 is 1.61 bits per heavy atom. The van der Waals surface area contributed by atoms with Gasteiger partial charge in [-0.25, -0.2) is 0 Å². The summed E-state index contributed by atoms with van der Waals surface area (Å²) in [5.41, 5.74) is 3.10. The van der Waals surface area contributed by atoms with Crippen LogP contribution in [0.3, 0.4) is 0 Å². The Morgan fingerprint density at radius 3 is 2.39 bits per heavy atom. The van der Waals surface area contributed by atoms with Gasteiger partial charge >= 0.3 is 0 Å². The van der Waals surface area contributed by atoms with E-state index >= 15 is 0 Å². The molecule has 0 saturated heterocycles. The van der Waals surface area contributed by atoms with Crippen LogP contribution in [0.1, 0.15) is 10.6 Å². The average Bonchev–Trinajstić information content (AvgIpc) is 3.51. The van der Waals surface area contributed by atoms with Crippen molar-refractivity contribution in [2.45, 2.75) is 0 Å². The number of hydrogen-bond donors (Lipinski definition) is 1. The standard InChI is InChI=1S/C26H16BrN3O3/c27-18-10-3-5-12-20(18)29(26(32)22-14-7-15-33-22)23-16-8-1-2-9-17(16)25(31)30-21-13-6-4-11-19(21)28-24(23)30/h1-15,28H. The number of imidazole rings is 1. The van der Waals surface area contributed by atoms with E-state index in [0.29, 0.717) is 27.8 Å². The van der Waals surface area contributed by atoms with Crippen LogP contribution >= 0.6 is 15.9 Å². The molecule has 33 heavy (non-hydrogen) atoms. The minimum atomic E-state index is -0.351. The summed E-state index contributed by atoms with van der Waals surface area (Å²) in [5.74, 6) is -0.161. The fourth-order valence-electron chi connectivity index (χ4n) is 4.28. The predicted molar refractivity (Wildman–Crippen MR) is 132 cm³/mol. The van der Waals surface area contributed by atoms with Crippen molar-refractivity contribution in [1.29, 1.82) is 0 Å². The van der Waals surface area contributed by atoms with Gasteiger partial charge in [-0.05, 0) is 58.4 Å². The normalized spacial score (nSPS) is 11.4. The van der Waals surface area contributed by atoms with E-state index in [4.69, 9.17) is 4.42 Å². The Labute approximate surface area is 195 Å². The van der Waals surface area contributed by atoms with Crippen LogP contribution in [-0.4, -0.2) is 15.3 Å². The number of halogens is 1. The Morgan fingerprint density at radius 1 is 0.879 bits per heavy atom. The minimum Gasteiger partial charge on any atom is -0.459 e. The number of nitrogens with zero attached hydrogens (tertiary/aromatic N) is 2. The summed E-state index contributed by atoms with van der Waals surface area (Å²) in [4.78, 5) is 32.4. The van der Waals surface area contributed by atoms with Crippen LogP contribution in [0.4, 0.5) is 11.4 Å². The van der Waals surface area contributed by atoms with Crippen molar-refractivity contribution in [2.24, 2.45) is 0 Å². The summed E-state index contributed by atoms with van der Waals surface area (Å²) in [7, 11) is 0. The molecule has 0 unspecified atom stereocenters. The molecule has 3 aromatic heterocycles. The topological polar surface area (TPSA) is 70.7 Å². The van der Waals surface area contributed by atoms with E-state index in [9.17, 15) is 9.59 Å². The van der Waals surface area contributed by atoms with E-state index in [1.807, 2.05) is 66.7 Å². The number of anilines is 2. The first kappa shape index (κ1) is 19.6. The maximum absolute atomic E-state index is 13.9. The fourth-order valence-corrected chi connectivity index (χ4v) is 4.74. The van der Waals surface area contributed by atoms with Crippen molar-refractivity contribution in [2.75, 3.05) is 4.90 Å². The number of nitrogens with one attached hydrogen (secondary N) is 1. The molecule has 0 saturated carbocycles. The van der Waals surface area contributed by atoms with Gasteiger partial charge < -0.3 is 9.40 Å². The number of aromatic amines is 1. The highest BCUT2D eigenvalue weighted by Crippen LogP contribution is 2.39. The Hall–Kier alpha value is -4.10. The van der Waals surface area contributed by atoms with Crippen molar-refractivity contribution >= 4 is 60.7 Å². The third-order valence-electron chi connectivity index (χ3n) is 5.71. The molecule has 3 aromatic carbocycles. The van der Waals surface area contributed by atoms with Crippen molar-refractivity contribution in [3.05, 3.63) is 112 Å². The molecular weight excluding hydrogens is 482 g/mol. The third kappa shape index (κ3) is 2.93. The summed E-state index contributed by atoms with van der Waals surface area (Å²) in [6, 6.07) is 25.7. The molecule has 0 aliphatic carbocycles. The summed E-state index contributed by atoms with van der Waals surface area (Å²) >= 11 is 3.60. The van der Waals surface area contributed by atoms with Gasteiger partial charge in [-0.15, -0.1) is 0 Å². The molecule has 160 valence electrons. The zero-order chi connectivity index (χ0) is 22.5. The molecule has 6 nitrogen and oxygen atoms in total. The van der Waals surface area contributed by atoms with Crippen LogP contribution < -0.4 is 10.5 Å². The molecule has 0 bridgehead atoms. The van der Waals surface area contributed by atoms with Crippen molar-refractivity contribution in [3.63, 3.8) is 0 Å². The lowest BCUT2D eigenvalue weighted by molar-refractivity contribution is 0.0973. The largest absolute Gasteiger partial charge is 0.459 e. The van der Waals surface area contributed by atoms with Gasteiger partial charge in [0.15, 0.2) is 5.76 Å². The first-order chi connectivity index (χ1) is 16.1. The van der Waals surface area contributed by atoms with E-state index in [-0.39, 0.29) is 17.2 Å².